The molecule has 1 fully saturated rings. The summed E-state index contributed by atoms with van der Waals surface area (Å²) in [6.45, 7) is 7.17. The van der Waals surface area contributed by atoms with Gasteiger partial charge in [-0.15, -0.1) is 0 Å². The molecular formula is C12H23N3O3. The molecule has 2 amide bonds. The van der Waals surface area contributed by atoms with Gasteiger partial charge in [0.25, 0.3) is 0 Å². The minimum absolute atomic E-state index is 0.0120. The zero-order valence-electron chi connectivity index (χ0n) is 11.4. The van der Waals surface area contributed by atoms with E-state index in [2.05, 4.69) is 5.32 Å². The van der Waals surface area contributed by atoms with E-state index in [0.29, 0.717) is 19.6 Å². The van der Waals surface area contributed by atoms with Crippen molar-refractivity contribution in [2.24, 2.45) is 0 Å². The van der Waals surface area contributed by atoms with E-state index in [0.717, 1.165) is 13.1 Å². The Morgan fingerprint density at radius 3 is 2.33 bits per heavy atom. The van der Waals surface area contributed by atoms with Crippen LogP contribution in [0.15, 0.2) is 0 Å². The summed E-state index contributed by atoms with van der Waals surface area (Å²) in [6, 6.07) is 0. The lowest BCUT2D eigenvalue weighted by molar-refractivity contribution is -0.139. The van der Waals surface area contributed by atoms with Gasteiger partial charge in [0.1, 0.15) is 6.61 Å². The lowest BCUT2D eigenvalue weighted by Crippen LogP contribution is -2.51. The number of ether oxygens (including phenoxy) is 1. The van der Waals surface area contributed by atoms with Crippen LogP contribution in [0.1, 0.15) is 13.8 Å². The Hall–Kier alpha value is -1.14. The number of amides is 2. The van der Waals surface area contributed by atoms with Crippen molar-refractivity contribution in [3.8, 4) is 0 Å². The number of piperazine rings is 1. The Balaban J connectivity index is 2.26. The van der Waals surface area contributed by atoms with Crippen LogP contribution in [0.3, 0.4) is 0 Å². The first-order valence-electron chi connectivity index (χ1n) is 6.35. The van der Waals surface area contributed by atoms with E-state index in [4.69, 9.17) is 4.74 Å². The second-order valence-corrected chi connectivity index (χ2v) is 4.69. The maximum absolute atomic E-state index is 11.8. The van der Waals surface area contributed by atoms with Crippen molar-refractivity contribution < 1.29 is 14.3 Å². The number of rotatable bonds is 5. The highest BCUT2D eigenvalue weighted by Gasteiger charge is 2.22. The van der Waals surface area contributed by atoms with Crippen LogP contribution in [0.2, 0.25) is 0 Å². The molecule has 6 heteroatoms. The predicted molar refractivity (Wildman–Crippen MR) is 68.2 cm³/mol. The van der Waals surface area contributed by atoms with E-state index in [1.807, 2.05) is 18.7 Å². The molecule has 0 aromatic rings. The molecule has 1 N–H and O–H groups in total. The Bertz CT molecular complexity index is 286. The van der Waals surface area contributed by atoms with Gasteiger partial charge in [0.05, 0.1) is 12.6 Å². The molecule has 6 nitrogen and oxygen atoms in total. The Kier molecular flexibility index (Phi) is 6.07. The molecule has 0 saturated carbocycles. The third kappa shape index (κ3) is 5.01. The number of likely N-dealkylation sites (N-methyl/N-ethyl adjacent to an activating group) is 1. The minimum atomic E-state index is 0.0120. The zero-order valence-corrected chi connectivity index (χ0v) is 11.4. The third-order valence-corrected chi connectivity index (χ3v) is 2.91. The smallest absolute Gasteiger partial charge is 0.248 e. The summed E-state index contributed by atoms with van der Waals surface area (Å²) < 4.78 is 5.30. The average molecular weight is 257 g/mol. The monoisotopic (exact) mass is 257 g/mol. The lowest BCUT2D eigenvalue weighted by Gasteiger charge is -2.34. The molecule has 0 atom stereocenters. The number of nitrogens with one attached hydrogen (secondary N) is 1. The van der Waals surface area contributed by atoms with Gasteiger partial charge in [-0.25, -0.2) is 0 Å². The van der Waals surface area contributed by atoms with Gasteiger partial charge in [-0.1, -0.05) is 0 Å². The van der Waals surface area contributed by atoms with E-state index in [-0.39, 0.29) is 24.5 Å². The number of carbonyl (C=O) groups excluding carboxylic acids is 2. The molecule has 1 aliphatic rings. The summed E-state index contributed by atoms with van der Waals surface area (Å²) in [5.41, 5.74) is 0. The first-order valence-corrected chi connectivity index (χ1v) is 6.35. The van der Waals surface area contributed by atoms with E-state index < -0.39 is 0 Å². The summed E-state index contributed by atoms with van der Waals surface area (Å²) in [4.78, 5) is 26.9. The first kappa shape index (κ1) is 14.9. The summed E-state index contributed by atoms with van der Waals surface area (Å²) in [5.74, 6) is 0.0428. The van der Waals surface area contributed by atoms with Crippen molar-refractivity contribution in [2.75, 3.05) is 46.4 Å². The van der Waals surface area contributed by atoms with Crippen LogP contribution in [-0.4, -0.2) is 74.1 Å². The lowest BCUT2D eigenvalue weighted by atomic mass is 10.3. The van der Waals surface area contributed by atoms with Gasteiger partial charge in [0.15, 0.2) is 0 Å². The number of hydrogen-bond acceptors (Lipinski definition) is 4. The maximum Gasteiger partial charge on any atom is 0.248 e. The predicted octanol–water partition coefficient (Wildman–Crippen LogP) is -0.698. The van der Waals surface area contributed by atoms with E-state index in [9.17, 15) is 9.59 Å². The molecule has 0 radical (unpaired) electrons. The van der Waals surface area contributed by atoms with Crippen molar-refractivity contribution in [1.29, 1.82) is 0 Å². The van der Waals surface area contributed by atoms with Crippen LogP contribution >= 0.6 is 0 Å². The van der Waals surface area contributed by atoms with Crippen molar-refractivity contribution in [2.45, 2.75) is 20.0 Å². The average Bonchev–Trinajstić information content (AvgIpc) is 2.36. The molecule has 0 aliphatic carbocycles. The normalized spacial score (nSPS) is 17.0. The van der Waals surface area contributed by atoms with Crippen molar-refractivity contribution in [3.63, 3.8) is 0 Å². The Morgan fingerprint density at radius 1 is 1.22 bits per heavy atom. The molecule has 1 saturated heterocycles. The highest BCUT2D eigenvalue weighted by Crippen LogP contribution is 2.02. The topological polar surface area (TPSA) is 61.9 Å². The van der Waals surface area contributed by atoms with Crippen LogP contribution in [0.4, 0.5) is 0 Å². The summed E-state index contributed by atoms with van der Waals surface area (Å²) >= 11 is 0. The molecule has 0 aromatic heterocycles. The zero-order chi connectivity index (χ0) is 13.5. The molecule has 104 valence electrons. The quantitative estimate of drug-likeness (QED) is 0.707. The molecule has 18 heavy (non-hydrogen) atoms. The van der Waals surface area contributed by atoms with Gasteiger partial charge >= 0.3 is 0 Å². The van der Waals surface area contributed by atoms with Gasteiger partial charge in [-0.05, 0) is 13.8 Å². The fourth-order valence-electron chi connectivity index (χ4n) is 1.77. The number of hydrogen-bond donors (Lipinski definition) is 1. The fraction of sp³-hybridized carbons (Fsp3) is 0.833. The first-order chi connectivity index (χ1) is 8.52. The second-order valence-electron chi connectivity index (χ2n) is 4.69. The summed E-state index contributed by atoms with van der Waals surface area (Å²) in [6.07, 6.45) is 0.0727. The number of carbonyl (C=O) groups is 2. The standard InChI is InChI=1S/C12H23N3O3/c1-10(2)18-9-12(17)15-6-4-14(5-7-15)8-11(16)13-3/h10H,4-9H2,1-3H3,(H,13,16). The Labute approximate surface area is 108 Å². The summed E-state index contributed by atoms with van der Waals surface area (Å²) in [5, 5.41) is 2.60. The van der Waals surface area contributed by atoms with Crippen molar-refractivity contribution in [1.82, 2.24) is 15.1 Å². The van der Waals surface area contributed by atoms with Crippen molar-refractivity contribution in [3.05, 3.63) is 0 Å². The van der Waals surface area contributed by atoms with E-state index >= 15 is 0 Å². The van der Waals surface area contributed by atoms with Crippen LogP contribution < -0.4 is 5.32 Å². The van der Waals surface area contributed by atoms with Crippen molar-refractivity contribution >= 4 is 11.8 Å². The molecule has 0 unspecified atom stereocenters. The highest BCUT2D eigenvalue weighted by molar-refractivity contribution is 5.78. The van der Waals surface area contributed by atoms with Gasteiger partial charge < -0.3 is 15.0 Å². The molecule has 1 heterocycles. The molecular weight excluding hydrogens is 234 g/mol. The largest absolute Gasteiger partial charge is 0.369 e. The maximum atomic E-state index is 11.8. The van der Waals surface area contributed by atoms with Gasteiger partial charge in [0, 0.05) is 33.2 Å². The SMILES string of the molecule is CNC(=O)CN1CCN(C(=O)COC(C)C)CC1. The fourth-order valence-corrected chi connectivity index (χ4v) is 1.77. The van der Waals surface area contributed by atoms with E-state index in [1.165, 1.54) is 0 Å². The van der Waals surface area contributed by atoms with Crippen LogP contribution in [0.25, 0.3) is 0 Å². The molecule has 1 aliphatic heterocycles. The minimum Gasteiger partial charge on any atom is -0.369 e. The van der Waals surface area contributed by atoms with Gasteiger partial charge in [-0.2, -0.15) is 0 Å². The number of nitrogens with zero attached hydrogens (tertiary/aromatic N) is 2. The molecule has 0 bridgehead atoms. The molecule has 0 aromatic carbocycles. The van der Waals surface area contributed by atoms with Crippen LogP contribution in [0.5, 0.6) is 0 Å². The molecule has 1 rings (SSSR count). The Morgan fingerprint density at radius 2 is 1.83 bits per heavy atom. The molecule has 0 spiro atoms. The third-order valence-electron chi connectivity index (χ3n) is 2.91. The van der Waals surface area contributed by atoms with Crippen LogP contribution in [-0.2, 0) is 14.3 Å². The van der Waals surface area contributed by atoms with Crippen LogP contribution in [0, 0.1) is 0 Å². The van der Waals surface area contributed by atoms with Gasteiger partial charge in [0.2, 0.25) is 11.8 Å². The van der Waals surface area contributed by atoms with Gasteiger partial charge in [-0.3, -0.25) is 14.5 Å². The second kappa shape index (κ2) is 7.33. The highest BCUT2D eigenvalue weighted by atomic mass is 16.5. The van der Waals surface area contributed by atoms with E-state index in [1.54, 1.807) is 11.9 Å². The summed E-state index contributed by atoms with van der Waals surface area (Å²) in [7, 11) is 1.63.